The van der Waals surface area contributed by atoms with E-state index in [1.165, 1.54) is 0 Å². The molecule has 2 atom stereocenters. The van der Waals surface area contributed by atoms with Gasteiger partial charge in [0.05, 0.1) is 24.0 Å². The van der Waals surface area contributed by atoms with Gasteiger partial charge in [-0.25, -0.2) is 0 Å². The summed E-state index contributed by atoms with van der Waals surface area (Å²) in [5.41, 5.74) is 1.01. The van der Waals surface area contributed by atoms with Gasteiger partial charge in [0.2, 0.25) is 0 Å². The van der Waals surface area contributed by atoms with Crippen LogP contribution in [0.2, 0.25) is 0 Å². The monoisotopic (exact) mass is 462 g/mol. The lowest BCUT2D eigenvalue weighted by Crippen LogP contribution is -2.16. The number of rotatable bonds is 11. The first-order valence-corrected chi connectivity index (χ1v) is 12.4. The molecule has 0 saturated carbocycles. The van der Waals surface area contributed by atoms with Gasteiger partial charge in [-0.1, -0.05) is 44.4 Å². The van der Waals surface area contributed by atoms with E-state index in [0.29, 0.717) is 12.3 Å². The van der Waals surface area contributed by atoms with Crippen molar-refractivity contribution in [1.82, 2.24) is 0 Å². The summed E-state index contributed by atoms with van der Waals surface area (Å²) in [5.74, 6) is 2.27. The zero-order valence-corrected chi connectivity index (χ0v) is 19.9. The summed E-state index contributed by atoms with van der Waals surface area (Å²) in [4.78, 5) is 0.195. The van der Waals surface area contributed by atoms with E-state index in [9.17, 15) is 8.42 Å². The van der Waals surface area contributed by atoms with Crippen LogP contribution in [0, 0.1) is 18.8 Å². The number of aryl methyl sites for hydroxylation is 1. The molecule has 32 heavy (non-hydrogen) atoms. The molecule has 3 rings (SSSR count). The summed E-state index contributed by atoms with van der Waals surface area (Å²) in [7, 11) is -3.69. The topological polar surface area (TPSA) is 89.9 Å². The molecule has 0 radical (unpaired) electrons. The number of furan rings is 2. The Bertz CT molecular complexity index is 956. The Labute approximate surface area is 191 Å². The first-order valence-electron chi connectivity index (χ1n) is 11.0. The second-order valence-electron chi connectivity index (χ2n) is 7.85. The highest BCUT2D eigenvalue weighted by Crippen LogP contribution is 2.18. The zero-order chi connectivity index (χ0) is 23.4. The second kappa shape index (κ2) is 13.3. The van der Waals surface area contributed by atoms with Crippen molar-refractivity contribution in [3.8, 4) is 0 Å². The molecule has 0 saturated heterocycles. The molecule has 0 aliphatic heterocycles. The normalized spacial score (nSPS) is 13.2. The van der Waals surface area contributed by atoms with Crippen LogP contribution in [-0.2, 0) is 27.1 Å². The van der Waals surface area contributed by atoms with Crippen molar-refractivity contribution in [1.29, 1.82) is 0 Å². The van der Waals surface area contributed by atoms with Crippen LogP contribution < -0.4 is 0 Å². The highest BCUT2D eigenvalue weighted by molar-refractivity contribution is 7.86. The smallest absolute Gasteiger partial charge is 0.296 e. The first kappa shape index (κ1) is 25.9. The highest BCUT2D eigenvalue weighted by Gasteiger charge is 2.18. The number of hydrogen-bond acceptors (Lipinski definition) is 6. The van der Waals surface area contributed by atoms with Crippen LogP contribution in [0.25, 0.3) is 0 Å². The summed E-state index contributed by atoms with van der Waals surface area (Å²) in [5, 5.41) is 8.88. The summed E-state index contributed by atoms with van der Waals surface area (Å²) in [6.07, 6.45) is 6.62. The van der Waals surface area contributed by atoms with Gasteiger partial charge in [0.15, 0.2) is 0 Å². The van der Waals surface area contributed by atoms with Crippen LogP contribution in [0.15, 0.2) is 74.8 Å². The van der Waals surface area contributed by atoms with Gasteiger partial charge in [-0.05, 0) is 55.2 Å². The zero-order valence-electron chi connectivity index (χ0n) is 19.1. The van der Waals surface area contributed by atoms with E-state index in [0.717, 1.165) is 36.3 Å². The van der Waals surface area contributed by atoms with Crippen LogP contribution in [0.1, 0.15) is 43.8 Å². The Balaban J connectivity index is 0.000000278. The fourth-order valence-electron chi connectivity index (χ4n) is 3.04. The van der Waals surface area contributed by atoms with E-state index in [4.69, 9.17) is 18.1 Å². The van der Waals surface area contributed by atoms with Crippen LogP contribution >= 0.6 is 0 Å². The fourth-order valence-corrected chi connectivity index (χ4v) is 4.02. The third-order valence-corrected chi connectivity index (χ3v) is 6.62. The van der Waals surface area contributed by atoms with Crippen molar-refractivity contribution in [2.45, 2.75) is 51.3 Å². The standard InChI is InChI=1S/C16H20O4S.C9H14O2/c1-3-14(11-15-5-4-10-19-15)12-20-21(17,18)16-8-6-13(2)7-9-16;1-2-8(7-10)6-9-4-3-5-11-9/h4-10,14H,3,11-12H2,1-2H3;3-5,8,10H,2,6-7H2,1H3/t14-;8-/m11/s1. The number of benzene rings is 1. The van der Waals surface area contributed by atoms with Gasteiger partial charge >= 0.3 is 0 Å². The van der Waals surface area contributed by atoms with E-state index in [2.05, 4.69) is 6.92 Å². The minimum atomic E-state index is -3.69. The highest BCUT2D eigenvalue weighted by atomic mass is 32.2. The Morgan fingerprint density at radius 2 is 1.41 bits per heavy atom. The average molecular weight is 463 g/mol. The van der Waals surface area contributed by atoms with E-state index in [-0.39, 0.29) is 24.0 Å². The van der Waals surface area contributed by atoms with Crippen molar-refractivity contribution < 1.29 is 26.5 Å². The lowest BCUT2D eigenvalue weighted by atomic mass is 10.0. The van der Waals surface area contributed by atoms with Gasteiger partial charge in [-0.2, -0.15) is 8.42 Å². The fraction of sp³-hybridized carbons (Fsp3) is 0.440. The molecule has 0 aliphatic rings. The Hall–Kier alpha value is -2.35. The summed E-state index contributed by atoms with van der Waals surface area (Å²) in [6, 6.07) is 14.2. The van der Waals surface area contributed by atoms with E-state index >= 15 is 0 Å². The van der Waals surface area contributed by atoms with Gasteiger partial charge in [-0.15, -0.1) is 0 Å². The summed E-state index contributed by atoms with van der Waals surface area (Å²) >= 11 is 0. The molecule has 0 bridgehead atoms. The average Bonchev–Trinajstić information content (AvgIpc) is 3.50. The lowest BCUT2D eigenvalue weighted by Gasteiger charge is -2.13. The summed E-state index contributed by atoms with van der Waals surface area (Å²) in [6.45, 7) is 6.40. The van der Waals surface area contributed by atoms with Gasteiger partial charge in [0.1, 0.15) is 11.5 Å². The maximum absolute atomic E-state index is 12.1. The molecule has 2 heterocycles. The minimum absolute atomic E-state index is 0.108. The molecule has 7 heteroatoms. The SMILES string of the molecule is CC[C@@H](CO)Cc1ccco1.CC[C@@H](COS(=O)(=O)c1ccc(C)cc1)Cc1ccco1. The Kier molecular flexibility index (Phi) is 10.7. The molecule has 0 aliphatic carbocycles. The molecular weight excluding hydrogens is 428 g/mol. The van der Waals surface area contributed by atoms with Crippen molar-refractivity contribution in [3.63, 3.8) is 0 Å². The quantitative estimate of drug-likeness (QED) is 0.384. The second-order valence-corrected chi connectivity index (χ2v) is 9.47. The van der Waals surface area contributed by atoms with Gasteiger partial charge in [0, 0.05) is 19.4 Å². The van der Waals surface area contributed by atoms with E-state index < -0.39 is 10.1 Å². The number of hydrogen-bond donors (Lipinski definition) is 1. The molecule has 6 nitrogen and oxygen atoms in total. The van der Waals surface area contributed by atoms with Crippen molar-refractivity contribution in [2.24, 2.45) is 11.8 Å². The van der Waals surface area contributed by atoms with Crippen LogP contribution in [0.4, 0.5) is 0 Å². The molecular formula is C25H34O6S. The van der Waals surface area contributed by atoms with Crippen molar-refractivity contribution >= 4 is 10.1 Å². The Morgan fingerprint density at radius 3 is 1.84 bits per heavy atom. The molecule has 0 amide bonds. The maximum Gasteiger partial charge on any atom is 0.296 e. The van der Waals surface area contributed by atoms with Crippen LogP contribution in [0.3, 0.4) is 0 Å². The third-order valence-electron chi connectivity index (χ3n) is 5.32. The van der Waals surface area contributed by atoms with Crippen molar-refractivity contribution in [3.05, 3.63) is 78.1 Å². The van der Waals surface area contributed by atoms with Gasteiger partial charge in [-0.3, -0.25) is 4.18 Å². The third kappa shape index (κ3) is 8.65. The number of aliphatic hydroxyl groups is 1. The van der Waals surface area contributed by atoms with Crippen molar-refractivity contribution in [2.75, 3.05) is 13.2 Å². The van der Waals surface area contributed by atoms with E-state index in [1.807, 2.05) is 38.1 Å². The first-order chi connectivity index (χ1) is 15.4. The molecule has 1 aromatic carbocycles. The molecule has 176 valence electrons. The molecule has 0 spiro atoms. The molecule has 1 N–H and O–H groups in total. The van der Waals surface area contributed by atoms with Crippen LogP contribution in [0.5, 0.6) is 0 Å². The molecule has 2 aromatic heterocycles. The molecule has 0 fully saturated rings. The largest absolute Gasteiger partial charge is 0.469 e. The summed E-state index contributed by atoms with van der Waals surface area (Å²) < 4.78 is 39.9. The lowest BCUT2D eigenvalue weighted by molar-refractivity contribution is 0.216. The van der Waals surface area contributed by atoms with Gasteiger partial charge < -0.3 is 13.9 Å². The van der Waals surface area contributed by atoms with Crippen LogP contribution in [-0.4, -0.2) is 26.7 Å². The maximum atomic E-state index is 12.1. The Morgan fingerprint density at radius 1 is 0.875 bits per heavy atom. The molecule has 0 unspecified atom stereocenters. The predicted molar refractivity (Wildman–Crippen MR) is 124 cm³/mol. The van der Waals surface area contributed by atoms with E-state index in [1.54, 1.807) is 36.8 Å². The van der Waals surface area contributed by atoms with Gasteiger partial charge in [0.25, 0.3) is 10.1 Å². The minimum Gasteiger partial charge on any atom is -0.469 e. The predicted octanol–water partition coefficient (Wildman–Crippen LogP) is 5.40. The molecule has 3 aromatic rings. The number of aliphatic hydroxyl groups excluding tert-OH is 1.